The zero-order valence-electron chi connectivity index (χ0n) is 7.55. The summed E-state index contributed by atoms with van der Waals surface area (Å²) in [5.41, 5.74) is 2.53. The standard InChI is InChI=1S/C9H14N2O/c1-6(2)8-7-4-3-5-12-9(7)11-10-8/h6H,3-5H2,1-2H3,(H,10,11). The Bertz CT molecular complexity index is 278. The van der Waals surface area contributed by atoms with Crippen molar-refractivity contribution in [3.8, 4) is 5.88 Å². The van der Waals surface area contributed by atoms with Crippen molar-refractivity contribution in [3.63, 3.8) is 0 Å². The summed E-state index contributed by atoms with van der Waals surface area (Å²) >= 11 is 0. The van der Waals surface area contributed by atoms with Crippen LogP contribution in [0.15, 0.2) is 0 Å². The minimum atomic E-state index is 0.517. The first kappa shape index (κ1) is 7.65. The largest absolute Gasteiger partial charge is 0.476 e. The fraction of sp³-hybridized carbons (Fsp3) is 0.667. The van der Waals surface area contributed by atoms with E-state index in [2.05, 4.69) is 24.0 Å². The minimum Gasteiger partial charge on any atom is -0.476 e. The number of hydrogen-bond donors (Lipinski definition) is 1. The molecule has 0 unspecified atom stereocenters. The summed E-state index contributed by atoms with van der Waals surface area (Å²) in [5, 5.41) is 7.17. The van der Waals surface area contributed by atoms with E-state index in [1.807, 2.05) is 0 Å². The molecular weight excluding hydrogens is 152 g/mol. The van der Waals surface area contributed by atoms with Crippen LogP contribution in [0, 0.1) is 0 Å². The van der Waals surface area contributed by atoms with E-state index in [0.717, 1.165) is 25.3 Å². The molecule has 0 saturated carbocycles. The van der Waals surface area contributed by atoms with Crippen molar-refractivity contribution in [3.05, 3.63) is 11.3 Å². The van der Waals surface area contributed by atoms with E-state index in [4.69, 9.17) is 4.74 Å². The third kappa shape index (κ3) is 1.09. The average Bonchev–Trinajstić information content (AvgIpc) is 2.47. The van der Waals surface area contributed by atoms with Gasteiger partial charge in [-0.2, -0.15) is 0 Å². The number of aromatic amines is 1. The lowest BCUT2D eigenvalue weighted by Crippen LogP contribution is -2.08. The van der Waals surface area contributed by atoms with Crippen LogP contribution in [0.25, 0.3) is 0 Å². The quantitative estimate of drug-likeness (QED) is 0.691. The monoisotopic (exact) mass is 166 g/mol. The van der Waals surface area contributed by atoms with Gasteiger partial charge in [-0.1, -0.05) is 13.8 Å². The molecule has 0 atom stereocenters. The fourth-order valence-corrected chi connectivity index (χ4v) is 1.62. The lowest BCUT2D eigenvalue weighted by molar-refractivity contribution is 0.277. The van der Waals surface area contributed by atoms with E-state index in [0.29, 0.717) is 5.92 Å². The van der Waals surface area contributed by atoms with E-state index >= 15 is 0 Å². The molecule has 1 aromatic heterocycles. The van der Waals surface area contributed by atoms with Gasteiger partial charge in [0, 0.05) is 11.3 Å². The number of fused-ring (bicyclic) bond motifs is 1. The second-order valence-corrected chi connectivity index (χ2v) is 3.53. The van der Waals surface area contributed by atoms with Gasteiger partial charge in [0.05, 0.1) is 6.61 Å². The molecule has 0 bridgehead atoms. The Labute approximate surface area is 72.1 Å². The van der Waals surface area contributed by atoms with Gasteiger partial charge in [-0.05, 0) is 18.8 Å². The molecule has 0 aliphatic carbocycles. The highest BCUT2D eigenvalue weighted by Gasteiger charge is 2.19. The Morgan fingerprint density at radius 1 is 1.50 bits per heavy atom. The molecule has 1 aromatic rings. The molecule has 0 spiro atoms. The SMILES string of the molecule is CC(C)c1[nH]nc2c1CCCO2. The first-order valence-electron chi connectivity index (χ1n) is 4.49. The molecule has 2 heterocycles. The zero-order chi connectivity index (χ0) is 8.55. The highest BCUT2D eigenvalue weighted by atomic mass is 16.5. The number of rotatable bonds is 1. The number of nitrogens with one attached hydrogen (secondary N) is 1. The molecular formula is C9H14N2O. The molecule has 0 radical (unpaired) electrons. The van der Waals surface area contributed by atoms with Crippen molar-refractivity contribution in [2.45, 2.75) is 32.6 Å². The molecule has 0 amide bonds. The highest BCUT2D eigenvalue weighted by Crippen LogP contribution is 2.28. The normalized spacial score (nSPS) is 15.9. The molecule has 0 saturated heterocycles. The van der Waals surface area contributed by atoms with Crippen molar-refractivity contribution in [1.82, 2.24) is 10.2 Å². The van der Waals surface area contributed by atoms with E-state index in [-0.39, 0.29) is 0 Å². The summed E-state index contributed by atoms with van der Waals surface area (Å²) in [6, 6.07) is 0. The number of H-pyrrole nitrogens is 1. The first-order chi connectivity index (χ1) is 5.79. The second kappa shape index (κ2) is 2.81. The van der Waals surface area contributed by atoms with Crippen molar-refractivity contribution in [2.24, 2.45) is 0 Å². The van der Waals surface area contributed by atoms with Gasteiger partial charge < -0.3 is 4.74 Å². The molecule has 3 heteroatoms. The number of ether oxygens (including phenoxy) is 1. The lowest BCUT2D eigenvalue weighted by atomic mass is 10.0. The van der Waals surface area contributed by atoms with Gasteiger partial charge >= 0.3 is 0 Å². The van der Waals surface area contributed by atoms with E-state index in [9.17, 15) is 0 Å². The van der Waals surface area contributed by atoms with E-state index < -0.39 is 0 Å². The van der Waals surface area contributed by atoms with Crippen molar-refractivity contribution in [1.29, 1.82) is 0 Å². The number of nitrogens with zero attached hydrogens (tertiary/aromatic N) is 1. The molecule has 1 aliphatic rings. The number of hydrogen-bond acceptors (Lipinski definition) is 2. The van der Waals surface area contributed by atoms with Crippen LogP contribution >= 0.6 is 0 Å². The maximum Gasteiger partial charge on any atom is 0.236 e. The van der Waals surface area contributed by atoms with Crippen LogP contribution in [0.2, 0.25) is 0 Å². The Balaban J connectivity index is 2.38. The molecule has 2 rings (SSSR count). The maximum atomic E-state index is 5.41. The van der Waals surface area contributed by atoms with Gasteiger partial charge in [0.25, 0.3) is 0 Å². The van der Waals surface area contributed by atoms with E-state index in [1.165, 1.54) is 11.3 Å². The summed E-state index contributed by atoms with van der Waals surface area (Å²) < 4.78 is 5.41. The van der Waals surface area contributed by atoms with Crippen LogP contribution < -0.4 is 4.74 Å². The van der Waals surface area contributed by atoms with Crippen LogP contribution in [0.1, 0.15) is 37.4 Å². The van der Waals surface area contributed by atoms with Gasteiger partial charge in [-0.25, -0.2) is 0 Å². The Morgan fingerprint density at radius 2 is 2.33 bits per heavy atom. The predicted octanol–water partition coefficient (Wildman–Crippen LogP) is 1.86. The van der Waals surface area contributed by atoms with Gasteiger partial charge in [-0.15, -0.1) is 5.10 Å². The van der Waals surface area contributed by atoms with Crippen LogP contribution in [-0.2, 0) is 6.42 Å². The first-order valence-corrected chi connectivity index (χ1v) is 4.49. The summed E-state index contributed by atoms with van der Waals surface area (Å²) in [5.74, 6) is 1.34. The zero-order valence-corrected chi connectivity index (χ0v) is 7.55. The van der Waals surface area contributed by atoms with Crippen LogP contribution in [0.4, 0.5) is 0 Å². The van der Waals surface area contributed by atoms with E-state index in [1.54, 1.807) is 0 Å². The Hall–Kier alpha value is -0.990. The highest BCUT2D eigenvalue weighted by molar-refractivity contribution is 5.33. The smallest absolute Gasteiger partial charge is 0.236 e. The van der Waals surface area contributed by atoms with Gasteiger partial charge in [0.15, 0.2) is 0 Å². The van der Waals surface area contributed by atoms with Crippen LogP contribution in [0.3, 0.4) is 0 Å². The second-order valence-electron chi connectivity index (χ2n) is 3.53. The van der Waals surface area contributed by atoms with Crippen molar-refractivity contribution >= 4 is 0 Å². The molecule has 3 nitrogen and oxygen atoms in total. The Kier molecular flexibility index (Phi) is 1.79. The molecule has 1 N–H and O–H groups in total. The van der Waals surface area contributed by atoms with Crippen molar-refractivity contribution < 1.29 is 4.74 Å². The maximum absolute atomic E-state index is 5.41. The van der Waals surface area contributed by atoms with Crippen LogP contribution in [0.5, 0.6) is 5.88 Å². The third-order valence-corrected chi connectivity index (χ3v) is 2.25. The topological polar surface area (TPSA) is 37.9 Å². The predicted molar refractivity (Wildman–Crippen MR) is 46.5 cm³/mol. The summed E-state index contributed by atoms with van der Waals surface area (Å²) in [6.45, 7) is 5.15. The van der Waals surface area contributed by atoms with Gasteiger partial charge in [0.2, 0.25) is 5.88 Å². The third-order valence-electron chi connectivity index (χ3n) is 2.25. The fourth-order valence-electron chi connectivity index (χ4n) is 1.62. The van der Waals surface area contributed by atoms with Gasteiger partial charge in [0.1, 0.15) is 0 Å². The number of aromatic nitrogens is 2. The molecule has 12 heavy (non-hydrogen) atoms. The molecule has 0 fully saturated rings. The Morgan fingerprint density at radius 3 is 3.08 bits per heavy atom. The minimum absolute atomic E-state index is 0.517. The molecule has 66 valence electrons. The summed E-state index contributed by atoms with van der Waals surface area (Å²) in [6.07, 6.45) is 2.23. The summed E-state index contributed by atoms with van der Waals surface area (Å²) in [7, 11) is 0. The van der Waals surface area contributed by atoms with Crippen molar-refractivity contribution in [2.75, 3.05) is 6.61 Å². The van der Waals surface area contributed by atoms with Gasteiger partial charge in [-0.3, -0.25) is 5.10 Å². The van der Waals surface area contributed by atoms with Crippen LogP contribution in [-0.4, -0.2) is 16.8 Å². The molecule has 1 aliphatic heterocycles. The molecule has 0 aromatic carbocycles. The lowest BCUT2D eigenvalue weighted by Gasteiger charge is -2.13. The average molecular weight is 166 g/mol. The summed E-state index contributed by atoms with van der Waals surface area (Å²) in [4.78, 5) is 0.